The third-order valence-corrected chi connectivity index (χ3v) is 5.20. The molecule has 1 heterocycles. The van der Waals surface area contributed by atoms with Gasteiger partial charge in [-0.05, 0) is 46.7 Å². The molecular weight excluding hydrogens is 386 g/mol. The van der Waals surface area contributed by atoms with Gasteiger partial charge in [-0.3, -0.25) is 4.79 Å². The van der Waals surface area contributed by atoms with Crippen molar-refractivity contribution in [1.29, 1.82) is 5.26 Å². The number of fused-ring (bicyclic) bond motifs is 1. The Bertz CT molecular complexity index is 1300. The van der Waals surface area contributed by atoms with Crippen LogP contribution in [0.3, 0.4) is 0 Å². The lowest BCUT2D eigenvalue weighted by molar-refractivity contribution is 0.587. The molecule has 0 aliphatic heterocycles. The molecule has 1 aromatic heterocycles. The fourth-order valence-electron chi connectivity index (χ4n) is 3.03. The smallest absolute Gasteiger partial charge is 0.251 e. The first-order chi connectivity index (χ1) is 13.8. The van der Waals surface area contributed by atoms with Gasteiger partial charge in [-0.15, -0.1) is 0 Å². The first kappa shape index (κ1) is 20.5. The second kappa shape index (κ2) is 8.43. The summed E-state index contributed by atoms with van der Waals surface area (Å²) in [7, 11) is -3.28. The van der Waals surface area contributed by atoms with Crippen molar-refractivity contribution in [3.05, 3.63) is 81.1 Å². The Morgan fingerprint density at radius 3 is 2.69 bits per heavy atom. The molecule has 0 fully saturated rings. The number of pyridine rings is 1. The van der Waals surface area contributed by atoms with Crippen LogP contribution in [0.2, 0.25) is 0 Å². The number of sulfonamides is 1. The van der Waals surface area contributed by atoms with Crippen molar-refractivity contribution in [3.8, 4) is 6.07 Å². The van der Waals surface area contributed by atoms with Crippen LogP contribution in [0.25, 0.3) is 22.6 Å². The van der Waals surface area contributed by atoms with Crippen molar-refractivity contribution in [2.45, 2.75) is 19.9 Å². The fourth-order valence-corrected chi connectivity index (χ4v) is 3.46. The number of hydrogen-bond donors (Lipinski definition) is 2. The molecule has 0 aliphatic rings. The molecule has 0 atom stereocenters. The Morgan fingerprint density at radius 1 is 1.21 bits per heavy atom. The summed E-state index contributed by atoms with van der Waals surface area (Å²) in [4.78, 5) is 15.0. The van der Waals surface area contributed by atoms with Crippen molar-refractivity contribution in [3.63, 3.8) is 0 Å². The first-order valence-electron chi connectivity index (χ1n) is 9.11. The summed E-state index contributed by atoms with van der Waals surface area (Å²) in [5.41, 5.74) is 3.99. The van der Waals surface area contributed by atoms with Crippen molar-refractivity contribution >= 4 is 32.6 Å². The third kappa shape index (κ3) is 5.19. The molecule has 0 saturated carbocycles. The summed E-state index contributed by atoms with van der Waals surface area (Å²) in [5, 5.41) is 10.6. The van der Waals surface area contributed by atoms with Crippen LogP contribution in [0.15, 0.2) is 53.3 Å². The highest BCUT2D eigenvalue weighted by molar-refractivity contribution is 7.88. The van der Waals surface area contributed by atoms with Gasteiger partial charge in [0, 0.05) is 17.6 Å². The lowest BCUT2D eigenvalue weighted by Crippen LogP contribution is -2.21. The number of hydrogen-bond acceptors (Lipinski definition) is 4. The molecule has 0 aliphatic carbocycles. The molecule has 0 radical (unpaired) electrons. The molecule has 0 saturated heterocycles. The number of aryl methyl sites for hydroxylation is 1. The minimum Gasteiger partial charge on any atom is -0.322 e. The van der Waals surface area contributed by atoms with Gasteiger partial charge in [-0.25, -0.2) is 13.1 Å². The normalized spacial score (nSPS) is 12.1. The van der Waals surface area contributed by atoms with E-state index in [1.807, 2.05) is 49.4 Å². The predicted molar refractivity (Wildman–Crippen MR) is 116 cm³/mol. The molecule has 0 unspecified atom stereocenters. The molecule has 148 valence electrons. The van der Waals surface area contributed by atoms with Crippen LogP contribution in [-0.2, 0) is 23.0 Å². The van der Waals surface area contributed by atoms with E-state index in [1.165, 1.54) is 0 Å². The van der Waals surface area contributed by atoms with E-state index in [9.17, 15) is 18.5 Å². The lowest BCUT2D eigenvalue weighted by atomic mass is 10.0. The lowest BCUT2D eigenvalue weighted by Gasteiger charge is -2.06. The maximum atomic E-state index is 12.1. The highest BCUT2D eigenvalue weighted by atomic mass is 32.2. The van der Waals surface area contributed by atoms with E-state index in [1.54, 1.807) is 12.1 Å². The van der Waals surface area contributed by atoms with E-state index < -0.39 is 10.0 Å². The largest absolute Gasteiger partial charge is 0.322 e. The predicted octanol–water partition coefficient (Wildman–Crippen LogP) is 3.20. The summed E-state index contributed by atoms with van der Waals surface area (Å²) in [6.45, 7) is 2.11. The van der Waals surface area contributed by atoms with Gasteiger partial charge in [0.2, 0.25) is 10.0 Å². The van der Waals surface area contributed by atoms with Crippen LogP contribution in [-0.4, -0.2) is 19.7 Å². The molecule has 2 aromatic carbocycles. The number of aromatic nitrogens is 1. The average molecular weight is 407 g/mol. The SMILES string of the molecule is CCc1cc2ccc(/C(C#N)=C/c3cccc(CNS(C)(=O)=O)c3)cc2[nH]c1=O. The van der Waals surface area contributed by atoms with Crippen LogP contribution >= 0.6 is 0 Å². The third-order valence-electron chi connectivity index (χ3n) is 4.54. The van der Waals surface area contributed by atoms with Crippen LogP contribution < -0.4 is 10.3 Å². The van der Waals surface area contributed by atoms with Gasteiger partial charge in [0.1, 0.15) is 0 Å². The highest BCUT2D eigenvalue weighted by Gasteiger charge is 2.07. The molecule has 29 heavy (non-hydrogen) atoms. The molecule has 0 spiro atoms. The van der Waals surface area contributed by atoms with E-state index in [2.05, 4.69) is 15.8 Å². The molecule has 7 heteroatoms. The van der Waals surface area contributed by atoms with Gasteiger partial charge in [0.15, 0.2) is 0 Å². The van der Waals surface area contributed by atoms with Crippen LogP contribution in [0, 0.1) is 11.3 Å². The van der Waals surface area contributed by atoms with Gasteiger partial charge < -0.3 is 4.98 Å². The molecular formula is C22H21N3O3S. The second-order valence-corrected chi connectivity index (χ2v) is 8.62. The zero-order chi connectivity index (χ0) is 21.0. The van der Waals surface area contributed by atoms with E-state index in [0.29, 0.717) is 23.1 Å². The van der Waals surface area contributed by atoms with E-state index in [4.69, 9.17) is 0 Å². The van der Waals surface area contributed by atoms with Gasteiger partial charge in [0.05, 0.1) is 17.9 Å². The summed E-state index contributed by atoms with van der Waals surface area (Å²) in [6.07, 6.45) is 3.50. The Kier molecular flexibility index (Phi) is 5.97. The maximum Gasteiger partial charge on any atom is 0.251 e. The topological polar surface area (TPSA) is 103 Å². The Hall–Kier alpha value is -3.21. The first-order valence-corrected chi connectivity index (χ1v) is 11.0. The van der Waals surface area contributed by atoms with Gasteiger partial charge >= 0.3 is 0 Å². The molecule has 2 N–H and O–H groups in total. The molecule has 6 nitrogen and oxygen atoms in total. The average Bonchev–Trinajstić information content (AvgIpc) is 2.69. The monoisotopic (exact) mass is 407 g/mol. The maximum absolute atomic E-state index is 12.1. The van der Waals surface area contributed by atoms with Gasteiger partial charge in [0.25, 0.3) is 5.56 Å². The van der Waals surface area contributed by atoms with E-state index in [0.717, 1.165) is 28.3 Å². The van der Waals surface area contributed by atoms with Crippen molar-refractivity contribution in [2.75, 3.05) is 6.26 Å². The fraction of sp³-hybridized carbons (Fsp3) is 0.182. The summed E-state index contributed by atoms with van der Waals surface area (Å²) >= 11 is 0. The molecule has 0 amide bonds. The quantitative estimate of drug-likeness (QED) is 0.484. The number of nitriles is 1. The summed E-state index contributed by atoms with van der Waals surface area (Å²) in [6, 6.07) is 16.9. The Morgan fingerprint density at radius 2 is 2.00 bits per heavy atom. The zero-order valence-electron chi connectivity index (χ0n) is 16.2. The van der Waals surface area contributed by atoms with E-state index in [-0.39, 0.29) is 12.1 Å². The Balaban J connectivity index is 1.96. The minimum atomic E-state index is -3.28. The summed E-state index contributed by atoms with van der Waals surface area (Å²) in [5.74, 6) is 0. The number of allylic oxidation sites excluding steroid dienone is 1. The number of nitrogens with zero attached hydrogens (tertiary/aromatic N) is 1. The van der Waals surface area contributed by atoms with Crippen LogP contribution in [0.4, 0.5) is 0 Å². The molecule has 3 aromatic rings. The summed E-state index contributed by atoms with van der Waals surface area (Å²) < 4.78 is 25.0. The van der Waals surface area contributed by atoms with Crippen molar-refractivity contribution in [1.82, 2.24) is 9.71 Å². The Labute approximate surface area is 169 Å². The van der Waals surface area contributed by atoms with Gasteiger partial charge in [-0.1, -0.05) is 43.3 Å². The van der Waals surface area contributed by atoms with Crippen molar-refractivity contribution < 1.29 is 8.42 Å². The van der Waals surface area contributed by atoms with E-state index >= 15 is 0 Å². The van der Waals surface area contributed by atoms with Crippen molar-refractivity contribution in [2.24, 2.45) is 0 Å². The van der Waals surface area contributed by atoms with Crippen LogP contribution in [0.1, 0.15) is 29.2 Å². The second-order valence-electron chi connectivity index (χ2n) is 6.79. The number of rotatable bonds is 6. The number of aromatic amines is 1. The highest BCUT2D eigenvalue weighted by Crippen LogP contribution is 2.22. The van der Waals surface area contributed by atoms with Crippen LogP contribution in [0.5, 0.6) is 0 Å². The van der Waals surface area contributed by atoms with Gasteiger partial charge in [-0.2, -0.15) is 5.26 Å². The standard InChI is InChI=1S/C22H21N3O3S/c1-3-17-11-19-8-7-18(12-21(19)25-22(17)26)20(13-23)10-15-5-4-6-16(9-15)14-24-29(2,27)28/h4-12,24H,3,14H2,1-2H3,(H,25,26)/b20-10+. The molecule has 0 bridgehead atoms. The zero-order valence-corrected chi connectivity index (χ0v) is 17.0. The number of nitrogens with one attached hydrogen (secondary N) is 2. The minimum absolute atomic E-state index is 0.120. The number of H-pyrrole nitrogens is 1. The number of benzene rings is 2. The molecule has 3 rings (SSSR count).